The van der Waals surface area contributed by atoms with Gasteiger partial charge in [-0.3, -0.25) is 0 Å². The van der Waals surface area contributed by atoms with Crippen molar-refractivity contribution in [1.29, 1.82) is 0 Å². The van der Waals surface area contributed by atoms with E-state index in [2.05, 4.69) is 27.8 Å². The normalized spacial score (nSPS) is 25.2. The number of sulfone groups is 1. The zero-order valence-electron chi connectivity index (χ0n) is 13.9. The molecule has 7 nitrogen and oxygen atoms in total. The van der Waals surface area contributed by atoms with Crippen LogP contribution in [0.2, 0.25) is 0 Å². The maximum absolute atomic E-state index is 15.0. The molecule has 140 valence electrons. The largest absolute Gasteiger partial charge is 0.359 e. The lowest BCUT2D eigenvalue weighted by molar-refractivity contribution is 0.321. The second-order valence-electron chi connectivity index (χ2n) is 6.75. The van der Waals surface area contributed by atoms with Crippen LogP contribution < -0.4 is 10.6 Å². The Kier molecular flexibility index (Phi) is 4.51. The molecule has 0 radical (unpaired) electrons. The van der Waals surface area contributed by atoms with Crippen LogP contribution in [-0.2, 0) is 9.84 Å². The summed E-state index contributed by atoms with van der Waals surface area (Å²) in [5.74, 6) is -0.690. The number of aryl methyl sites for hydroxylation is 1. The quantitative estimate of drug-likeness (QED) is 0.339. The second-order valence-corrected chi connectivity index (χ2v) is 10.9. The first-order chi connectivity index (χ1) is 12.1. The molecule has 2 aromatic rings. The first-order valence-corrected chi connectivity index (χ1v) is 11.5. The van der Waals surface area contributed by atoms with Gasteiger partial charge in [0, 0.05) is 42.0 Å². The number of halogens is 3. The summed E-state index contributed by atoms with van der Waals surface area (Å²) in [6, 6.07) is 1.27. The van der Waals surface area contributed by atoms with Crippen molar-refractivity contribution in [2.45, 2.75) is 30.8 Å². The van der Waals surface area contributed by atoms with Crippen LogP contribution in [0.15, 0.2) is 15.8 Å². The third kappa shape index (κ3) is 2.68. The van der Waals surface area contributed by atoms with E-state index in [1.807, 2.05) is 14.9 Å². The van der Waals surface area contributed by atoms with Crippen LogP contribution in [0.25, 0.3) is 10.9 Å². The van der Waals surface area contributed by atoms with Crippen LogP contribution >= 0.6 is 45.7 Å². The average Bonchev–Trinajstić information content (AvgIpc) is 2.63. The fourth-order valence-electron chi connectivity index (χ4n) is 3.65. The lowest BCUT2D eigenvalue weighted by atomic mass is 10.1. The van der Waals surface area contributed by atoms with E-state index in [9.17, 15) is 17.6 Å². The second kappa shape index (κ2) is 6.24. The molecule has 4 rings (SSSR count). The highest BCUT2D eigenvalue weighted by molar-refractivity contribution is 14.1. The first-order valence-electron chi connectivity index (χ1n) is 7.95. The van der Waals surface area contributed by atoms with E-state index < -0.39 is 21.3 Å². The maximum atomic E-state index is 15.0. The van der Waals surface area contributed by atoms with Gasteiger partial charge in [0.05, 0.1) is 45.6 Å². The third-order valence-corrected chi connectivity index (χ3v) is 9.05. The van der Waals surface area contributed by atoms with Crippen LogP contribution in [0.3, 0.4) is 0 Å². The van der Waals surface area contributed by atoms with Gasteiger partial charge in [-0.2, -0.15) is 4.98 Å². The lowest BCUT2D eigenvalue weighted by Gasteiger charge is -2.42. The molecule has 0 aliphatic carbocycles. The van der Waals surface area contributed by atoms with Gasteiger partial charge in [0.1, 0.15) is 16.5 Å². The van der Waals surface area contributed by atoms with Gasteiger partial charge in [-0.25, -0.2) is 23.5 Å². The Morgan fingerprint density at radius 3 is 2.69 bits per heavy atom. The van der Waals surface area contributed by atoms with Crippen LogP contribution in [0, 0.1) is 12.7 Å². The molecule has 1 saturated heterocycles. The standard InChI is InChI=1S/C15H15FI2N4O3S/c1-7-3-10-11-13(12(7)16)26(24,25)6-9-5-21(17)8(2)4-20(9)14(11)19-15(23)22(10)18/h3,8-9H,4-6H2,1-2H3. The van der Waals surface area contributed by atoms with E-state index in [4.69, 9.17) is 0 Å². The molecule has 0 N–H and O–H groups in total. The number of piperazine rings is 1. The van der Waals surface area contributed by atoms with Crippen LogP contribution in [0.1, 0.15) is 12.5 Å². The summed E-state index contributed by atoms with van der Waals surface area (Å²) in [6.45, 7) is 4.54. The van der Waals surface area contributed by atoms with Gasteiger partial charge >= 0.3 is 5.69 Å². The van der Waals surface area contributed by atoms with Crippen molar-refractivity contribution in [3.8, 4) is 0 Å². The molecule has 0 spiro atoms. The molecule has 0 saturated carbocycles. The fourth-order valence-corrected chi connectivity index (χ4v) is 6.67. The monoisotopic (exact) mass is 604 g/mol. The summed E-state index contributed by atoms with van der Waals surface area (Å²) >= 11 is 3.96. The number of hydrogen-bond donors (Lipinski definition) is 0. The molecule has 2 aliphatic heterocycles. The van der Waals surface area contributed by atoms with Gasteiger partial charge in [-0.1, -0.05) is 0 Å². The van der Waals surface area contributed by atoms with E-state index in [1.54, 1.807) is 22.9 Å². The number of benzene rings is 1. The molecule has 2 aliphatic rings. The molecular formula is C15H15FI2N4O3S. The van der Waals surface area contributed by atoms with Gasteiger partial charge in [0.15, 0.2) is 9.84 Å². The average molecular weight is 604 g/mol. The minimum atomic E-state index is -3.88. The van der Waals surface area contributed by atoms with E-state index >= 15 is 0 Å². The molecule has 2 unspecified atom stereocenters. The van der Waals surface area contributed by atoms with E-state index in [0.717, 1.165) is 0 Å². The van der Waals surface area contributed by atoms with Gasteiger partial charge in [-0.15, -0.1) is 0 Å². The zero-order chi connectivity index (χ0) is 19.0. The Bertz CT molecular complexity index is 1100. The van der Waals surface area contributed by atoms with Crippen molar-refractivity contribution in [1.82, 2.24) is 10.9 Å². The van der Waals surface area contributed by atoms with E-state index in [0.29, 0.717) is 18.6 Å². The number of anilines is 1. The molecular weight excluding hydrogens is 589 g/mol. The summed E-state index contributed by atoms with van der Waals surface area (Å²) in [4.78, 5) is 18.1. The number of fused-ring (bicyclic) bond motifs is 2. The number of aromatic nitrogens is 2. The molecule has 0 amide bonds. The minimum Gasteiger partial charge on any atom is -0.349 e. The minimum absolute atomic E-state index is 0.144. The Labute approximate surface area is 177 Å². The fraction of sp³-hybridized carbons (Fsp3) is 0.467. The SMILES string of the molecule is Cc1cc2c3c(nc(=O)n2I)N2CC(C)N(I)CC2CS(=O)(=O)c3c1F. The summed E-state index contributed by atoms with van der Waals surface area (Å²) in [5.41, 5.74) is 0.0812. The highest BCUT2D eigenvalue weighted by atomic mass is 127. The van der Waals surface area contributed by atoms with E-state index in [1.165, 1.54) is 15.8 Å². The van der Waals surface area contributed by atoms with Crippen molar-refractivity contribution in [2.24, 2.45) is 0 Å². The Balaban J connectivity index is 2.17. The van der Waals surface area contributed by atoms with Gasteiger partial charge < -0.3 is 4.90 Å². The molecule has 0 bridgehead atoms. The third-order valence-electron chi connectivity index (χ3n) is 4.95. The zero-order valence-corrected chi connectivity index (χ0v) is 19.0. The topological polar surface area (TPSA) is 75.5 Å². The van der Waals surface area contributed by atoms with Crippen LogP contribution in [0.5, 0.6) is 0 Å². The summed E-state index contributed by atoms with van der Waals surface area (Å²) in [6.07, 6.45) is 0. The van der Waals surface area contributed by atoms with Crippen molar-refractivity contribution >= 4 is 72.3 Å². The molecule has 2 atom stereocenters. The molecule has 1 aromatic carbocycles. The van der Waals surface area contributed by atoms with Crippen LogP contribution in [0.4, 0.5) is 10.2 Å². The first kappa shape index (κ1) is 18.8. The number of hydrogen-bond acceptors (Lipinski definition) is 6. The smallest absolute Gasteiger partial charge is 0.349 e. The highest BCUT2D eigenvalue weighted by Gasteiger charge is 2.41. The number of nitrogens with zero attached hydrogens (tertiary/aromatic N) is 4. The maximum Gasteiger partial charge on any atom is 0.359 e. The van der Waals surface area contributed by atoms with Crippen molar-refractivity contribution in [3.63, 3.8) is 0 Å². The highest BCUT2D eigenvalue weighted by Crippen LogP contribution is 2.40. The van der Waals surface area contributed by atoms with E-state index in [-0.39, 0.29) is 39.5 Å². The summed E-state index contributed by atoms with van der Waals surface area (Å²) in [5, 5.41) is 0.207. The predicted octanol–water partition coefficient (Wildman–Crippen LogP) is 2.06. The van der Waals surface area contributed by atoms with Crippen molar-refractivity contribution in [3.05, 3.63) is 27.9 Å². The Morgan fingerprint density at radius 1 is 1.31 bits per heavy atom. The lowest BCUT2D eigenvalue weighted by Crippen LogP contribution is -2.56. The Morgan fingerprint density at radius 2 is 2.00 bits per heavy atom. The summed E-state index contributed by atoms with van der Waals surface area (Å²) in [7, 11) is -3.88. The number of rotatable bonds is 0. The molecule has 3 heterocycles. The van der Waals surface area contributed by atoms with Gasteiger partial charge in [-0.05, 0) is 25.5 Å². The van der Waals surface area contributed by atoms with Gasteiger partial charge in [0.2, 0.25) is 0 Å². The molecule has 1 aromatic heterocycles. The van der Waals surface area contributed by atoms with Crippen molar-refractivity contribution < 1.29 is 12.8 Å². The summed E-state index contributed by atoms with van der Waals surface area (Å²) < 4.78 is 44.4. The van der Waals surface area contributed by atoms with Gasteiger partial charge in [0.25, 0.3) is 0 Å². The molecule has 26 heavy (non-hydrogen) atoms. The molecule has 11 heteroatoms. The Hall–Kier alpha value is -0.540. The molecule has 1 fully saturated rings. The van der Waals surface area contributed by atoms with Crippen molar-refractivity contribution in [2.75, 3.05) is 23.7 Å². The van der Waals surface area contributed by atoms with Crippen LogP contribution in [-0.4, -0.2) is 50.2 Å². The predicted molar refractivity (Wildman–Crippen MR) is 113 cm³/mol.